The third kappa shape index (κ3) is 6.11. The average Bonchev–Trinajstić information content (AvgIpc) is 2.73. The highest BCUT2D eigenvalue weighted by atomic mass is 32.2. The monoisotopic (exact) mass is 487 g/mol. The summed E-state index contributed by atoms with van der Waals surface area (Å²) < 4.78 is 53.5. The molecule has 0 aliphatic heterocycles. The zero-order valence-electron chi connectivity index (χ0n) is 18.4. The largest absolute Gasteiger partial charge is 0.324 e. The maximum absolute atomic E-state index is 12.8. The lowest BCUT2D eigenvalue weighted by atomic mass is 10.2. The van der Waals surface area contributed by atoms with Crippen LogP contribution in [0, 0.1) is 6.92 Å². The summed E-state index contributed by atoms with van der Waals surface area (Å²) in [6.07, 6.45) is 1.03. The molecule has 0 aliphatic carbocycles. The van der Waals surface area contributed by atoms with Gasteiger partial charge in [-0.2, -0.15) is 0 Å². The smallest absolute Gasteiger partial charge is 0.261 e. The number of carbonyl (C=O) groups excluding carboxylic acids is 1. The van der Waals surface area contributed by atoms with Crippen molar-refractivity contribution in [2.75, 3.05) is 20.6 Å². The molecule has 3 rings (SSSR count). The molecule has 2 N–H and O–H groups in total. The molecular formula is C23H25N3O5S2. The topological polar surface area (TPSA) is 113 Å². The Morgan fingerprint density at radius 2 is 1.48 bits per heavy atom. The van der Waals surface area contributed by atoms with Crippen LogP contribution in [-0.4, -0.2) is 35.0 Å². The van der Waals surface area contributed by atoms with Gasteiger partial charge in [-0.25, -0.2) is 16.8 Å². The van der Waals surface area contributed by atoms with Gasteiger partial charge in [0, 0.05) is 11.4 Å². The van der Waals surface area contributed by atoms with Crippen LogP contribution in [-0.2, 0) is 24.8 Å². The fraction of sp³-hybridized carbons (Fsp3) is 0.174. The van der Waals surface area contributed by atoms with Crippen LogP contribution in [0.3, 0.4) is 0 Å². The van der Waals surface area contributed by atoms with Gasteiger partial charge in [0.2, 0.25) is 15.9 Å². The summed E-state index contributed by atoms with van der Waals surface area (Å²) in [5.74, 6) is -0.558. The van der Waals surface area contributed by atoms with Crippen molar-refractivity contribution in [1.82, 2.24) is 0 Å². The first-order chi connectivity index (χ1) is 15.5. The van der Waals surface area contributed by atoms with E-state index in [-0.39, 0.29) is 4.90 Å². The van der Waals surface area contributed by atoms with Crippen LogP contribution in [0.1, 0.15) is 12.5 Å². The van der Waals surface area contributed by atoms with Crippen LogP contribution in [0.25, 0.3) is 0 Å². The lowest BCUT2D eigenvalue weighted by Gasteiger charge is -2.28. The molecule has 8 nitrogen and oxygen atoms in total. The number of amides is 1. The van der Waals surface area contributed by atoms with E-state index < -0.39 is 32.0 Å². The third-order valence-corrected chi connectivity index (χ3v) is 7.44. The Kier molecular flexibility index (Phi) is 7.09. The van der Waals surface area contributed by atoms with Crippen LogP contribution in [0.15, 0.2) is 83.8 Å². The van der Waals surface area contributed by atoms with Gasteiger partial charge in [0.15, 0.2) is 0 Å². The zero-order chi connectivity index (χ0) is 24.2. The molecule has 3 aromatic carbocycles. The second-order valence-electron chi connectivity index (χ2n) is 7.56. The van der Waals surface area contributed by atoms with E-state index in [1.165, 1.54) is 31.2 Å². The molecule has 1 amide bonds. The molecule has 0 spiro atoms. The Balaban J connectivity index is 1.75. The first-order valence-corrected chi connectivity index (χ1v) is 13.4. The fourth-order valence-corrected chi connectivity index (χ4v) is 5.49. The molecule has 1 atom stereocenters. The molecule has 10 heteroatoms. The van der Waals surface area contributed by atoms with Crippen molar-refractivity contribution >= 4 is 43.0 Å². The number of benzene rings is 3. The highest BCUT2D eigenvalue weighted by molar-refractivity contribution is 7.92. The van der Waals surface area contributed by atoms with Gasteiger partial charge in [0.05, 0.1) is 16.8 Å². The van der Waals surface area contributed by atoms with Crippen molar-refractivity contribution in [2.24, 2.45) is 0 Å². The Morgan fingerprint density at radius 1 is 0.848 bits per heavy atom. The second-order valence-corrected chi connectivity index (χ2v) is 11.1. The third-order valence-electron chi connectivity index (χ3n) is 4.80. The van der Waals surface area contributed by atoms with E-state index in [0.29, 0.717) is 17.1 Å². The number of aryl methyl sites for hydroxylation is 1. The van der Waals surface area contributed by atoms with Crippen molar-refractivity contribution in [3.05, 3.63) is 84.4 Å². The van der Waals surface area contributed by atoms with E-state index in [9.17, 15) is 21.6 Å². The van der Waals surface area contributed by atoms with Crippen LogP contribution < -0.4 is 14.3 Å². The predicted molar refractivity (Wildman–Crippen MR) is 130 cm³/mol. The first-order valence-electron chi connectivity index (χ1n) is 10.0. The van der Waals surface area contributed by atoms with Gasteiger partial charge in [0.1, 0.15) is 6.04 Å². The molecule has 3 aromatic rings. The molecule has 33 heavy (non-hydrogen) atoms. The number of nitrogens with one attached hydrogen (secondary N) is 2. The van der Waals surface area contributed by atoms with E-state index in [4.69, 9.17) is 0 Å². The van der Waals surface area contributed by atoms with Crippen molar-refractivity contribution in [1.29, 1.82) is 0 Å². The van der Waals surface area contributed by atoms with Gasteiger partial charge in [-0.3, -0.25) is 13.8 Å². The van der Waals surface area contributed by atoms with Gasteiger partial charge < -0.3 is 5.32 Å². The van der Waals surface area contributed by atoms with Crippen LogP contribution >= 0.6 is 0 Å². The normalized spacial score (nSPS) is 12.6. The van der Waals surface area contributed by atoms with Gasteiger partial charge >= 0.3 is 0 Å². The van der Waals surface area contributed by atoms with E-state index in [1.54, 1.807) is 48.5 Å². The lowest BCUT2D eigenvalue weighted by molar-refractivity contribution is -0.116. The maximum atomic E-state index is 12.8. The predicted octanol–water partition coefficient (Wildman–Crippen LogP) is 3.59. The van der Waals surface area contributed by atoms with Gasteiger partial charge in [-0.15, -0.1) is 0 Å². The number of carbonyl (C=O) groups is 1. The number of para-hydroxylation sites is 1. The Morgan fingerprint density at radius 3 is 2.06 bits per heavy atom. The summed E-state index contributed by atoms with van der Waals surface area (Å²) in [5, 5.41) is 2.64. The number of hydrogen-bond acceptors (Lipinski definition) is 5. The first kappa shape index (κ1) is 24.3. The van der Waals surface area contributed by atoms with Crippen LogP contribution in [0.5, 0.6) is 0 Å². The lowest BCUT2D eigenvalue weighted by Crippen LogP contribution is -2.45. The molecule has 0 bridgehead atoms. The molecule has 0 unspecified atom stereocenters. The summed E-state index contributed by atoms with van der Waals surface area (Å²) in [6, 6.07) is 19.9. The molecule has 0 fully saturated rings. The summed E-state index contributed by atoms with van der Waals surface area (Å²) >= 11 is 0. The van der Waals surface area contributed by atoms with Crippen molar-refractivity contribution in [3.63, 3.8) is 0 Å². The van der Waals surface area contributed by atoms with Crippen molar-refractivity contribution < 1.29 is 21.6 Å². The number of rotatable bonds is 8. The van der Waals surface area contributed by atoms with Gasteiger partial charge in [-0.1, -0.05) is 30.3 Å². The summed E-state index contributed by atoms with van der Waals surface area (Å²) in [5.41, 5.74) is 2.07. The van der Waals surface area contributed by atoms with E-state index >= 15 is 0 Å². The van der Waals surface area contributed by atoms with E-state index in [2.05, 4.69) is 10.0 Å². The molecular weight excluding hydrogens is 462 g/mol. The molecule has 0 aliphatic rings. The highest BCUT2D eigenvalue weighted by Gasteiger charge is 2.29. The molecule has 0 aromatic heterocycles. The van der Waals surface area contributed by atoms with Gasteiger partial charge in [-0.05, 0) is 67.9 Å². The SMILES string of the molecule is Cc1cccc(NS(=O)(=O)c2ccc(NC(=O)[C@H](C)N(c3ccccc3)S(C)(=O)=O)cc2)c1. The number of anilines is 3. The highest BCUT2D eigenvalue weighted by Crippen LogP contribution is 2.22. The Hall–Kier alpha value is -3.37. The molecule has 0 saturated carbocycles. The molecule has 0 saturated heterocycles. The minimum atomic E-state index is -3.81. The average molecular weight is 488 g/mol. The molecule has 0 radical (unpaired) electrons. The van der Waals surface area contributed by atoms with Crippen molar-refractivity contribution in [2.45, 2.75) is 24.8 Å². The minimum Gasteiger partial charge on any atom is -0.324 e. The van der Waals surface area contributed by atoms with Crippen LogP contribution in [0.2, 0.25) is 0 Å². The number of hydrogen-bond donors (Lipinski definition) is 2. The molecule has 0 heterocycles. The number of sulfonamides is 2. The quantitative estimate of drug-likeness (QED) is 0.504. The van der Waals surface area contributed by atoms with Crippen LogP contribution in [0.4, 0.5) is 17.1 Å². The molecule has 174 valence electrons. The summed E-state index contributed by atoms with van der Waals surface area (Å²) in [7, 11) is -7.54. The second kappa shape index (κ2) is 9.63. The summed E-state index contributed by atoms with van der Waals surface area (Å²) in [4.78, 5) is 12.8. The standard InChI is InChI=1S/C23H25N3O5S2/c1-17-8-7-9-20(16-17)25-33(30,31)22-14-12-19(13-15-22)24-23(27)18(2)26(32(3,28)29)21-10-5-4-6-11-21/h4-16,18,25H,1-3H3,(H,24,27)/t18-/m0/s1. The van der Waals surface area contributed by atoms with E-state index in [1.807, 2.05) is 13.0 Å². The minimum absolute atomic E-state index is 0.0251. The maximum Gasteiger partial charge on any atom is 0.261 e. The van der Waals surface area contributed by atoms with E-state index in [0.717, 1.165) is 16.1 Å². The Bertz CT molecular complexity index is 1340. The van der Waals surface area contributed by atoms with Crippen molar-refractivity contribution in [3.8, 4) is 0 Å². The summed E-state index contributed by atoms with van der Waals surface area (Å²) in [6.45, 7) is 3.34. The Labute approximate surface area is 194 Å². The number of nitrogens with zero attached hydrogens (tertiary/aromatic N) is 1. The fourth-order valence-electron chi connectivity index (χ4n) is 3.27. The van der Waals surface area contributed by atoms with Gasteiger partial charge in [0.25, 0.3) is 10.0 Å². The zero-order valence-corrected chi connectivity index (χ0v) is 20.0.